The van der Waals surface area contributed by atoms with Crippen molar-refractivity contribution in [3.05, 3.63) is 104 Å². The maximum atomic E-state index is 14.8. The molecule has 4 aromatic rings. The molecule has 16 N–H and O–H groups in total. The number of aliphatic hydroxyl groups is 8. The number of aromatic nitrogens is 1. The van der Waals surface area contributed by atoms with Gasteiger partial charge in [-0.15, -0.1) is 0 Å². The molecule has 1 unspecified atom stereocenters. The lowest BCUT2D eigenvalue weighted by atomic mass is 9.77. The minimum absolute atomic E-state index is 0.0484. The highest BCUT2D eigenvalue weighted by Gasteiger charge is 2.72. The first-order valence-corrected chi connectivity index (χ1v) is 22.7. The van der Waals surface area contributed by atoms with Gasteiger partial charge in [0.25, 0.3) is 11.4 Å². The van der Waals surface area contributed by atoms with Crippen molar-refractivity contribution in [1.82, 2.24) is 10.3 Å². The fourth-order valence-electron chi connectivity index (χ4n) is 10.0. The van der Waals surface area contributed by atoms with E-state index in [-0.39, 0.29) is 46.4 Å². The Bertz CT molecular complexity index is 3100. The van der Waals surface area contributed by atoms with E-state index in [9.17, 15) is 75.7 Å². The summed E-state index contributed by atoms with van der Waals surface area (Å²) in [6.07, 6.45) is -12.2. The van der Waals surface area contributed by atoms with Crippen LogP contribution in [0.5, 0.6) is 23.0 Å². The van der Waals surface area contributed by atoms with Crippen LogP contribution >= 0.6 is 0 Å². The van der Waals surface area contributed by atoms with E-state index < -0.39 is 130 Å². The van der Waals surface area contributed by atoms with E-state index >= 15 is 0 Å². The molecule has 11 atom stereocenters. The van der Waals surface area contributed by atoms with Crippen LogP contribution in [0, 0.1) is 11.8 Å². The number of H-pyrrole nitrogens is 1. The molecule has 0 amide bonds. The largest absolute Gasteiger partial charge is 0.507 e. The Kier molecular flexibility index (Phi) is 12.6. The molecule has 23 nitrogen and oxygen atoms in total. The number of nitrogens with two attached hydrogens (primary N) is 1. The lowest BCUT2D eigenvalue weighted by Gasteiger charge is -2.53. The van der Waals surface area contributed by atoms with Crippen molar-refractivity contribution in [2.75, 3.05) is 6.61 Å². The molecule has 2 fully saturated rings. The zero-order valence-electron chi connectivity index (χ0n) is 38.3. The van der Waals surface area contributed by atoms with Gasteiger partial charge < -0.3 is 101 Å². The molecule has 2 spiro atoms. The monoisotopic (exact) mass is 1000 g/mol. The number of hydrogen-bond acceptors (Lipinski definition) is 21. The number of fused-ring (bicyclic) bond motifs is 4. The summed E-state index contributed by atoms with van der Waals surface area (Å²) < 4.78 is 30.4. The third kappa shape index (κ3) is 7.53. The summed E-state index contributed by atoms with van der Waals surface area (Å²) in [6, 6.07) is 7.87. The SMILES string of the molecule is CCC1=CC([C@H]2C=C(Cc3ccc[nH]3)[C@]3(Oc4cc5oc(-c6cc(O)c(O)c(CCO)c6)cc(=O)c5c(O)c42)O[C@@]2(CC#C[C@]4(C(=O)O)O[C@H](OC2=O)[C@H](O)[C@@H](O)C4(O)O)[C@@H](O)[C@H](O)[C@H]3O)=C(CC)NC1N. The van der Waals surface area contributed by atoms with Crippen LogP contribution in [-0.2, 0) is 36.6 Å². The number of allylic oxidation sites excluding steroid dienone is 4. The smallest absolute Gasteiger partial charge is 0.354 e. The zero-order valence-corrected chi connectivity index (χ0v) is 38.3. The summed E-state index contributed by atoms with van der Waals surface area (Å²) in [5, 5.41) is 137. The van der Waals surface area contributed by atoms with Crippen molar-refractivity contribution in [2.45, 2.75) is 118 Å². The van der Waals surface area contributed by atoms with Gasteiger partial charge in [-0.05, 0) is 60.6 Å². The fraction of sp³-hybridized carbons (Fsp3) is 0.408. The summed E-state index contributed by atoms with van der Waals surface area (Å²) >= 11 is 0. The third-order valence-electron chi connectivity index (χ3n) is 13.9. The van der Waals surface area contributed by atoms with Crippen LogP contribution < -0.4 is 21.2 Å². The van der Waals surface area contributed by atoms with Crippen LogP contribution in [0.2, 0.25) is 0 Å². The van der Waals surface area contributed by atoms with Crippen molar-refractivity contribution in [2.24, 2.45) is 5.73 Å². The van der Waals surface area contributed by atoms with E-state index in [1.54, 1.807) is 24.4 Å². The van der Waals surface area contributed by atoms with Crippen LogP contribution in [0.15, 0.2) is 86.4 Å². The van der Waals surface area contributed by atoms with Crippen molar-refractivity contribution in [3.8, 4) is 46.2 Å². The number of rotatable bonds is 9. The van der Waals surface area contributed by atoms with E-state index in [4.69, 9.17) is 29.1 Å². The van der Waals surface area contributed by atoms with Gasteiger partial charge in [0.2, 0.25) is 17.7 Å². The van der Waals surface area contributed by atoms with Crippen molar-refractivity contribution in [1.29, 1.82) is 0 Å². The highest BCUT2D eigenvalue weighted by atomic mass is 16.8. The van der Waals surface area contributed by atoms with E-state index in [1.807, 2.05) is 19.8 Å². The number of nitrogens with one attached hydrogen (secondary N) is 2. The number of phenols is 3. The average molecular weight is 1000 g/mol. The van der Waals surface area contributed by atoms with Crippen molar-refractivity contribution >= 4 is 22.9 Å². The lowest BCUT2D eigenvalue weighted by molar-refractivity contribution is -0.394. The predicted molar refractivity (Wildman–Crippen MR) is 244 cm³/mol. The second-order valence-corrected chi connectivity index (χ2v) is 18.1. The van der Waals surface area contributed by atoms with Gasteiger partial charge in [0.1, 0.15) is 52.6 Å². The van der Waals surface area contributed by atoms with Gasteiger partial charge in [-0.3, -0.25) is 4.79 Å². The van der Waals surface area contributed by atoms with E-state index in [0.29, 0.717) is 35.4 Å². The van der Waals surface area contributed by atoms with Crippen LogP contribution in [0.4, 0.5) is 0 Å². The molecule has 2 aromatic heterocycles. The first-order chi connectivity index (χ1) is 34.1. The number of carboxylic acids is 1. The number of aromatic amines is 1. The van der Waals surface area contributed by atoms with Gasteiger partial charge in [-0.1, -0.05) is 31.9 Å². The molecule has 72 heavy (non-hydrogen) atoms. The number of benzene rings is 2. The molecule has 5 aliphatic rings. The van der Waals surface area contributed by atoms with E-state index in [2.05, 4.69) is 16.2 Å². The van der Waals surface area contributed by atoms with Crippen LogP contribution in [0.3, 0.4) is 0 Å². The van der Waals surface area contributed by atoms with Gasteiger partial charge in [0.15, 0.2) is 23.0 Å². The van der Waals surface area contributed by atoms with Gasteiger partial charge in [-0.25, -0.2) is 9.59 Å². The summed E-state index contributed by atoms with van der Waals surface area (Å²) in [5.74, 6) is -10.3. The molecular weight excluding hydrogens is 951 g/mol. The first kappa shape index (κ1) is 50.2. The first-order valence-electron chi connectivity index (χ1n) is 22.7. The summed E-state index contributed by atoms with van der Waals surface area (Å²) in [7, 11) is 0. The molecule has 2 saturated heterocycles. The standard InChI is InChI=1S/C49H51N3O20/c1-3-20-14-25(27(4-2)52-42(20)50)26-17-23(16-24-7-5-11-51-24)48(70-32-19-31-34(36(57)33(26)32)28(54)18-30(68-31)22-13-21(8-12-53)35(56)29(55)15-22)40(61)37(58)39(60)46(72-48)9-6-10-47(44(63)64)49(66,67)41(62)38(59)43(71-47)69-45(46)65/h5,7,11,13-15,17-19,26,37-43,51-53,55-62,66-67H,3-4,8-9,12,16,50H2,1-2H3,(H,63,64)/t26-,37+,38-,39+,40-,41-,42?,43+,46+,47-,48+/m1/s1. The van der Waals surface area contributed by atoms with E-state index in [0.717, 1.165) is 18.2 Å². The number of carboxylic acid groups (broad SMARTS) is 1. The maximum absolute atomic E-state index is 14.8. The number of aliphatic carboxylic acids is 1. The summed E-state index contributed by atoms with van der Waals surface area (Å²) in [5.41, 5.74) is 0.612. The van der Waals surface area contributed by atoms with Crippen LogP contribution in [-0.4, -0.2) is 151 Å². The predicted octanol–water partition coefficient (Wildman–Crippen LogP) is -0.946. The molecule has 9 rings (SSSR count). The van der Waals surface area contributed by atoms with Gasteiger partial charge in [0, 0.05) is 70.9 Å². The normalized spacial score (nSPS) is 31.9. The molecule has 2 aromatic carbocycles. The van der Waals surface area contributed by atoms with Crippen molar-refractivity contribution in [3.63, 3.8) is 0 Å². The average Bonchev–Trinajstić information content (AvgIpc) is 3.83. The summed E-state index contributed by atoms with van der Waals surface area (Å²) in [4.78, 5) is 44.9. The molecule has 0 radical (unpaired) electrons. The number of esters is 1. The Balaban J connectivity index is 1.34. The second kappa shape index (κ2) is 18.1. The highest BCUT2D eigenvalue weighted by molar-refractivity contribution is 5.90. The number of carbonyl (C=O) groups is 2. The summed E-state index contributed by atoms with van der Waals surface area (Å²) in [6.45, 7) is 3.25. The van der Waals surface area contributed by atoms with Gasteiger partial charge >= 0.3 is 11.9 Å². The quantitative estimate of drug-likeness (QED) is 0.0316. The van der Waals surface area contributed by atoms with E-state index in [1.165, 1.54) is 12.1 Å². The Hall–Kier alpha value is -6.79. The molecule has 0 saturated carbocycles. The Morgan fingerprint density at radius 3 is 2.38 bits per heavy atom. The van der Waals surface area contributed by atoms with Gasteiger partial charge in [-0.2, -0.15) is 0 Å². The minimum Gasteiger partial charge on any atom is -0.507 e. The Morgan fingerprint density at radius 2 is 1.71 bits per heavy atom. The molecule has 382 valence electrons. The van der Waals surface area contributed by atoms with Crippen LogP contribution in [0.1, 0.15) is 55.8 Å². The Labute approximate surface area is 406 Å². The lowest BCUT2D eigenvalue weighted by Crippen LogP contribution is -2.76. The Morgan fingerprint density at radius 1 is 0.958 bits per heavy atom. The van der Waals surface area contributed by atoms with Gasteiger partial charge in [0.05, 0.1) is 12.6 Å². The number of phenolic OH excluding ortho intramolecular Hbond substituents is 3. The third-order valence-corrected chi connectivity index (χ3v) is 13.9. The molecule has 23 heteroatoms. The minimum atomic E-state index is -3.87. The topological polar surface area (TPSA) is 398 Å². The number of ether oxygens (including phenoxy) is 4. The zero-order chi connectivity index (χ0) is 52.0. The highest BCUT2D eigenvalue weighted by Crippen LogP contribution is 2.54. The van der Waals surface area contributed by atoms with Crippen LogP contribution in [0.25, 0.3) is 22.3 Å². The molecule has 5 aliphatic heterocycles. The number of aliphatic hydroxyl groups excluding tert-OH is 6. The second-order valence-electron chi connectivity index (χ2n) is 18.1. The molecule has 7 heterocycles. The van der Waals surface area contributed by atoms with Crippen molar-refractivity contribution < 1.29 is 94.2 Å². The number of hydrogen-bond donors (Lipinski definition) is 15. The maximum Gasteiger partial charge on any atom is 0.354 e. The number of aromatic hydroxyl groups is 3. The number of carbonyl (C=O) groups excluding carboxylic acids is 1. The molecular formula is C49H51N3O20. The number of dihydropyridines is 1. The molecule has 0 aliphatic carbocycles. The fourth-order valence-corrected chi connectivity index (χ4v) is 10.0. The molecule has 2 bridgehead atoms.